The summed E-state index contributed by atoms with van der Waals surface area (Å²) in [5.74, 6) is 0.347. The number of phenolic OH excluding ortho intramolecular Hbond substituents is 1. The summed E-state index contributed by atoms with van der Waals surface area (Å²) in [5, 5.41) is 16.9. The average Bonchev–Trinajstić information content (AvgIpc) is 3.53. The van der Waals surface area contributed by atoms with Crippen LogP contribution in [0.25, 0.3) is 10.2 Å². The fraction of sp³-hybridized carbons (Fsp3) is 0.500. The Kier molecular flexibility index (Phi) is 9.55. The average molecular weight is 511 g/mol. The molecule has 1 saturated carbocycles. The summed E-state index contributed by atoms with van der Waals surface area (Å²) in [5.41, 5.74) is 4.17. The maximum absolute atomic E-state index is 13.1. The largest absolute Gasteiger partial charge is 0.506 e. The second-order valence-electron chi connectivity index (χ2n) is 9.73. The number of hydrogen-bond acceptors (Lipinski definition) is 6. The van der Waals surface area contributed by atoms with E-state index in [9.17, 15) is 14.7 Å². The number of nitrogens with zero attached hydrogens (tertiary/aromatic N) is 1. The third-order valence-corrected chi connectivity index (χ3v) is 7.97. The highest BCUT2D eigenvalue weighted by Gasteiger charge is 2.25. The Morgan fingerprint density at radius 2 is 1.86 bits per heavy atom. The lowest BCUT2D eigenvalue weighted by molar-refractivity contribution is -0.133. The van der Waals surface area contributed by atoms with Crippen molar-refractivity contribution in [1.29, 1.82) is 0 Å². The van der Waals surface area contributed by atoms with Crippen LogP contribution >= 0.6 is 11.3 Å². The number of rotatable bonds is 13. The van der Waals surface area contributed by atoms with Crippen molar-refractivity contribution in [2.45, 2.75) is 57.9 Å². The number of aromatic amines is 1. The van der Waals surface area contributed by atoms with Crippen LogP contribution < -0.4 is 15.5 Å². The number of hydrogen-bond donors (Lipinski definition) is 4. The van der Waals surface area contributed by atoms with Crippen LogP contribution in [0.15, 0.2) is 41.2 Å². The number of thiazole rings is 1. The van der Waals surface area contributed by atoms with Crippen molar-refractivity contribution in [3.05, 3.63) is 62.8 Å². The molecule has 0 radical (unpaired) electrons. The van der Waals surface area contributed by atoms with Crippen LogP contribution in [0.4, 0.5) is 0 Å². The second kappa shape index (κ2) is 13.0. The van der Waals surface area contributed by atoms with Crippen molar-refractivity contribution in [3.8, 4) is 5.75 Å². The Hall–Kier alpha value is -2.68. The molecule has 1 aliphatic carbocycles. The molecule has 0 saturated heterocycles. The van der Waals surface area contributed by atoms with Crippen LogP contribution in [0.3, 0.4) is 0 Å². The van der Waals surface area contributed by atoms with Gasteiger partial charge >= 0.3 is 4.87 Å². The van der Waals surface area contributed by atoms with E-state index in [0.717, 1.165) is 73.5 Å². The second-order valence-corrected chi connectivity index (χ2v) is 10.7. The van der Waals surface area contributed by atoms with Crippen molar-refractivity contribution in [2.75, 3.05) is 32.7 Å². The third kappa shape index (κ3) is 7.18. The standard InChI is InChI=1S/C28H38N4O3S/c1-20-5-4-6-21(19-20)11-14-29-16-13-25(34)32(23-7-2-3-8-23)18-17-30-15-12-22-9-10-24(33)26-27(22)36-28(35)31-26/h4-6,9-10,19,23,29-30,33H,2-3,7-8,11-18H2,1H3,(H,31,35). The van der Waals surface area contributed by atoms with E-state index in [2.05, 4.69) is 51.7 Å². The topological polar surface area (TPSA) is 97.5 Å². The molecular weight excluding hydrogens is 472 g/mol. The van der Waals surface area contributed by atoms with Gasteiger partial charge in [-0.3, -0.25) is 9.59 Å². The van der Waals surface area contributed by atoms with Crippen molar-refractivity contribution < 1.29 is 9.90 Å². The predicted octanol–water partition coefficient (Wildman–Crippen LogP) is 3.73. The lowest BCUT2D eigenvalue weighted by Gasteiger charge is -2.29. The van der Waals surface area contributed by atoms with Gasteiger partial charge in [-0.2, -0.15) is 0 Å². The normalized spacial score (nSPS) is 14.0. The number of fused-ring (bicyclic) bond motifs is 1. The number of aromatic hydroxyl groups is 1. The van der Waals surface area contributed by atoms with E-state index in [-0.39, 0.29) is 16.5 Å². The molecule has 0 unspecified atom stereocenters. The quantitative estimate of drug-likeness (QED) is 0.263. The van der Waals surface area contributed by atoms with Crippen LogP contribution in [0.2, 0.25) is 0 Å². The number of benzene rings is 2. The number of nitrogens with one attached hydrogen (secondary N) is 3. The summed E-state index contributed by atoms with van der Waals surface area (Å²) in [6.07, 6.45) is 6.86. The van der Waals surface area contributed by atoms with E-state index < -0.39 is 0 Å². The van der Waals surface area contributed by atoms with Gasteiger partial charge in [0.05, 0.1) is 4.70 Å². The molecule has 4 N–H and O–H groups in total. The zero-order chi connectivity index (χ0) is 25.3. The molecule has 1 heterocycles. The Labute approximate surface area is 216 Å². The Morgan fingerprint density at radius 1 is 1.08 bits per heavy atom. The molecule has 7 nitrogen and oxygen atoms in total. The van der Waals surface area contributed by atoms with Gasteiger partial charge in [-0.15, -0.1) is 0 Å². The van der Waals surface area contributed by atoms with Crippen LogP contribution in [-0.4, -0.2) is 59.7 Å². The number of H-pyrrole nitrogens is 1. The molecule has 1 fully saturated rings. The summed E-state index contributed by atoms with van der Waals surface area (Å²) in [6, 6.07) is 12.4. The van der Waals surface area contributed by atoms with Gasteiger partial charge in [0.1, 0.15) is 11.3 Å². The molecule has 8 heteroatoms. The van der Waals surface area contributed by atoms with Gasteiger partial charge < -0.3 is 25.6 Å². The van der Waals surface area contributed by atoms with Crippen LogP contribution in [-0.2, 0) is 17.6 Å². The van der Waals surface area contributed by atoms with E-state index in [1.165, 1.54) is 24.0 Å². The molecule has 3 aromatic rings. The minimum absolute atomic E-state index is 0.107. The van der Waals surface area contributed by atoms with Crippen LogP contribution in [0, 0.1) is 6.92 Å². The van der Waals surface area contributed by atoms with Crippen LogP contribution in [0.1, 0.15) is 48.8 Å². The van der Waals surface area contributed by atoms with Crippen molar-refractivity contribution in [1.82, 2.24) is 20.5 Å². The zero-order valence-corrected chi connectivity index (χ0v) is 22.0. The number of aromatic nitrogens is 1. The Bertz CT molecular complexity index is 1200. The number of amides is 1. The Balaban J connectivity index is 1.20. The van der Waals surface area contributed by atoms with Gasteiger partial charge in [0.2, 0.25) is 5.91 Å². The van der Waals surface area contributed by atoms with Gasteiger partial charge in [0, 0.05) is 32.1 Å². The summed E-state index contributed by atoms with van der Waals surface area (Å²) >= 11 is 1.13. The third-order valence-electron chi connectivity index (χ3n) is 7.01. The van der Waals surface area contributed by atoms with E-state index in [1.807, 2.05) is 6.07 Å². The molecule has 1 aromatic heterocycles. The van der Waals surface area contributed by atoms with Crippen molar-refractivity contribution in [2.24, 2.45) is 0 Å². The minimum atomic E-state index is -0.156. The van der Waals surface area contributed by atoms with Gasteiger partial charge in [0.25, 0.3) is 0 Å². The summed E-state index contributed by atoms with van der Waals surface area (Å²) < 4.78 is 0.819. The summed E-state index contributed by atoms with van der Waals surface area (Å²) in [6.45, 7) is 5.90. The molecule has 0 bridgehead atoms. The summed E-state index contributed by atoms with van der Waals surface area (Å²) in [4.78, 5) is 29.4. The van der Waals surface area contributed by atoms with E-state index in [1.54, 1.807) is 6.07 Å². The summed E-state index contributed by atoms with van der Waals surface area (Å²) in [7, 11) is 0. The van der Waals surface area contributed by atoms with Gasteiger partial charge in [-0.1, -0.05) is 60.1 Å². The fourth-order valence-electron chi connectivity index (χ4n) is 5.11. The number of carbonyl (C=O) groups excluding carboxylic acids is 1. The number of aryl methyl sites for hydroxylation is 1. The maximum atomic E-state index is 13.1. The number of carbonyl (C=O) groups is 1. The van der Waals surface area contributed by atoms with Crippen molar-refractivity contribution >= 4 is 27.5 Å². The SMILES string of the molecule is Cc1cccc(CCNCCC(=O)N(CCNCCc2ccc(O)c3[nH]c(=O)sc23)C2CCCC2)c1. The molecule has 194 valence electrons. The zero-order valence-electron chi connectivity index (χ0n) is 21.1. The van der Waals surface area contributed by atoms with E-state index in [0.29, 0.717) is 24.5 Å². The highest BCUT2D eigenvalue weighted by atomic mass is 32.1. The lowest BCUT2D eigenvalue weighted by atomic mass is 10.1. The van der Waals surface area contributed by atoms with Gasteiger partial charge in [-0.05, 0) is 62.9 Å². The first-order valence-electron chi connectivity index (χ1n) is 13.1. The smallest absolute Gasteiger partial charge is 0.305 e. The fourth-order valence-corrected chi connectivity index (χ4v) is 6.01. The molecule has 0 aliphatic heterocycles. The first kappa shape index (κ1) is 26.4. The van der Waals surface area contributed by atoms with E-state index in [4.69, 9.17) is 0 Å². The first-order chi connectivity index (χ1) is 17.5. The molecule has 1 aliphatic rings. The highest BCUT2D eigenvalue weighted by Crippen LogP contribution is 2.28. The highest BCUT2D eigenvalue weighted by molar-refractivity contribution is 7.16. The molecule has 4 rings (SSSR count). The minimum Gasteiger partial charge on any atom is -0.506 e. The molecular formula is C28H38N4O3S. The van der Waals surface area contributed by atoms with Gasteiger partial charge in [0.15, 0.2) is 0 Å². The molecule has 0 atom stereocenters. The predicted molar refractivity (Wildman–Crippen MR) is 147 cm³/mol. The molecule has 2 aromatic carbocycles. The van der Waals surface area contributed by atoms with Crippen molar-refractivity contribution in [3.63, 3.8) is 0 Å². The number of phenols is 1. The Morgan fingerprint density at radius 3 is 2.67 bits per heavy atom. The van der Waals surface area contributed by atoms with E-state index >= 15 is 0 Å². The maximum Gasteiger partial charge on any atom is 0.305 e. The lowest BCUT2D eigenvalue weighted by Crippen LogP contribution is -2.44. The van der Waals surface area contributed by atoms with Gasteiger partial charge in [-0.25, -0.2) is 0 Å². The van der Waals surface area contributed by atoms with Crippen LogP contribution in [0.5, 0.6) is 5.75 Å². The molecule has 0 spiro atoms. The molecule has 36 heavy (non-hydrogen) atoms. The monoisotopic (exact) mass is 510 g/mol. The molecule has 1 amide bonds. The first-order valence-corrected chi connectivity index (χ1v) is 13.9.